The Bertz CT molecular complexity index is 397. The van der Waals surface area contributed by atoms with E-state index in [1.54, 1.807) is 0 Å². The van der Waals surface area contributed by atoms with Gasteiger partial charge in [0.05, 0.1) is 0 Å². The topological polar surface area (TPSA) is 6.48 Å². The Morgan fingerprint density at radius 2 is 1.67 bits per heavy atom. The van der Waals surface area contributed by atoms with Crippen LogP contribution in [0.4, 0.5) is 0 Å². The molecule has 116 valence electrons. The van der Waals surface area contributed by atoms with Gasteiger partial charge in [-0.1, -0.05) is 30.3 Å². The molecule has 2 nitrogen and oxygen atoms in total. The van der Waals surface area contributed by atoms with E-state index >= 15 is 0 Å². The van der Waals surface area contributed by atoms with E-state index in [1.807, 2.05) is 0 Å². The fourth-order valence-corrected chi connectivity index (χ4v) is 3.99. The molecule has 0 unspecified atom stereocenters. The maximum Gasteiger partial charge on any atom is 0.00219 e. The minimum Gasteiger partial charge on any atom is -0.303 e. The standard InChI is InChI=1S/C19H30N2/c1-2-8-18(9-3-1)10-6-14-21-15-7-11-19(17-21)16-20-12-4-5-13-20/h1-3,8-9,19H,4-7,10-17H2/t19-/m0/s1. The highest BCUT2D eigenvalue weighted by atomic mass is 15.2. The van der Waals surface area contributed by atoms with Crippen molar-refractivity contribution >= 4 is 0 Å². The SMILES string of the molecule is c1ccc(CCCN2CCC[C@@H](CN3CCCC3)C2)cc1. The lowest BCUT2D eigenvalue weighted by atomic mass is 9.97. The van der Waals surface area contributed by atoms with Crippen molar-refractivity contribution in [2.45, 2.75) is 38.5 Å². The van der Waals surface area contributed by atoms with Gasteiger partial charge < -0.3 is 9.80 Å². The number of aryl methyl sites for hydroxylation is 1. The number of hydrogen-bond acceptors (Lipinski definition) is 2. The van der Waals surface area contributed by atoms with E-state index in [0.717, 1.165) is 5.92 Å². The van der Waals surface area contributed by atoms with Crippen LogP contribution in [0, 0.1) is 5.92 Å². The zero-order valence-corrected chi connectivity index (χ0v) is 13.3. The molecule has 2 heteroatoms. The Balaban J connectivity index is 1.37. The van der Waals surface area contributed by atoms with Crippen LogP contribution in [-0.2, 0) is 6.42 Å². The van der Waals surface area contributed by atoms with Gasteiger partial charge in [-0.3, -0.25) is 0 Å². The highest BCUT2D eigenvalue weighted by Crippen LogP contribution is 2.20. The Morgan fingerprint density at radius 1 is 0.905 bits per heavy atom. The van der Waals surface area contributed by atoms with Gasteiger partial charge in [0.25, 0.3) is 0 Å². The number of benzene rings is 1. The summed E-state index contributed by atoms with van der Waals surface area (Å²) in [6.07, 6.45) is 8.24. The van der Waals surface area contributed by atoms with Gasteiger partial charge in [0.1, 0.15) is 0 Å². The van der Waals surface area contributed by atoms with Gasteiger partial charge in [0, 0.05) is 13.1 Å². The van der Waals surface area contributed by atoms with E-state index in [-0.39, 0.29) is 0 Å². The van der Waals surface area contributed by atoms with Crippen LogP contribution in [0.2, 0.25) is 0 Å². The molecule has 1 aromatic rings. The van der Waals surface area contributed by atoms with Gasteiger partial charge in [0.2, 0.25) is 0 Å². The smallest absolute Gasteiger partial charge is 0.00219 e. The maximum absolute atomic E-state index is 2.72. The van der Waals surface area contributed by atoms with E-state index in [0.29, 0.717) is 0 Å². The fraction of sp³-hybridized carbons (Fsp3) is 0.684. The van der Waals surface area contributed by atoms with Crippen molar-refractivity contribution in [1.29, 1.82) is 0 Å². The average molecular weight is 286 g/mol. The van der Waals surface area contributed by atoms with E-state index < -0.39 is 0 Å². The summed E-state index contributed by atoms with van der Waals surface area (Å²) in [5, 5.41) is 0. The average Bonchev–Trinajstić information content (AvgIpc) is 3.02. The summed E-state index contributed by atoms with van der Waals surface area (Å²) >= 11 is 0. The van der Waals surface area contributed by atoms with Crippen molar-refractivity contribution < 1.29 is 0 Å². The summed E-state index contributed by atoms with van der Waals surface area (Å²) in [6.45, 7) is 8.01. The third-order valence-corrected chi connectivity index (χ3v) is 5.10. The lowest BCUT2D eigenvalue weighted by molar-refractivity contribution is 0.142. The summed E-state index contributed by atoms with van der Waals surface area (Å²) in [5.74, 6) is 0.925. The zero-order valence-electron chi connectivity index (χ0n) is 13.3. The van der Waals surface area contributed by atoms with Crippen LogP contribution < -0.4 is 0 Å². The molecule has 0 amide bonds. The van der Waals surface area contributed by atoms with E-state index in [4.69, 9.17) is 0 Å². The highest BCUT2D eigenvalue weighted by molar-refractivity contribution is 5.14. The fourth-order valence-electron chi connectivity index (χ4n) is 3.99. The van der Waals surface area contributed by atoms with Gasteiger partial charge in [0.15, 0.2) is 0 Å². The van der Waals surface area contributed by atoms with Crippen LogP contribution >= 0.6 is 0 Å². The molecule has 2 fully saturated rings. The molecule has 0 aromatic heterocycles. The molecule has 2 heterocycles. The van der Waals surface area contributed by atoms with E-state index in [9.17, 15) is 0 Å². The number of rotatable bonds is 6. The number of nitrogens with zero attached hydrogens (tertiary/aromatic N) is 2. The summed E-state index contributed by atoms with van der Waals surface area (Å²) in [7, 11) is 0. The van der Waals surface area contributed by atoms with Gasteiger partial charge >= 0.3 is 0 Å². The summed E-state index contributed by atoms with van der Waals surface area (Å²) in [4.78, 5) is 5.41. The van der Waals surface area contributed by atoms with Crippen LogP contribution in [-0.4, -0.2) is 49.1 Å². The Labute approximate surface area is 130 Å². The second kappa shape index (κ2) is 7.95. The van der Waals surface area contributed by atoms with Crippen molar-refractivity contribution in [2.24, 2.45) is 5.92 Å². The summed E-state index contributed by atoms with van der Waals surface area (Å²) in [5.41, 5.74) is 1.49. The molecular formula is C19H30N2. The minimum absolute atomic E-state index is 0.925. The Hall–Kier alpha value is -0.860. The Kier molecular flexibility index (Phi) is 5.70. The molecule has 1 atom stereocenters. The molecule has 0 N–H and O–H groups in total. The monoisotopic (exact) mass is 286 g/mol. The third kappa shape index (κ3) is 4.82. The van der Waals surface area contributed by atoms with Crippen molar-refractivity contribution in [3.63, 3.8) is 0 Å². The first kappa shape index (κ1) is 15.1. The first-order valence-electron chi connectivity index (χ1n) is 8.89. The normalized spacial score (nSPS) is 24.5. The molecule has 2 aliphatic heterocycles. The summed E-state index contributed by atoms with van der Waals surface area (Å²) in [6, 6.07) is 10.9. The molecule has 0 radical (unpaired) electrons. The lowest BCUT2D eigenvalue weighted by Crippen LogP contribution is -2.40. The van der Waals surface area contributed by atoms with Crippen LogP contribution in [0.25, 0.3) is 0 Å². The first-order chi connectivity index (χ1) is 10.4. The van der Waals surface area contributed by atoms with Crippen LogP contribution in [0.3, 0.4) is 0 Å². The predicted molar refractivity (Wildman–Crippen MR) is 89.6 cm³/mol. The molecule has 0 bridgehead atoms. The van der Waals surface area contributed by atoms with Crippen LogP contribution in [0.5, 0.6) is 0 Å². The van der Waals surface area contributed by atoms with E-state index in [1.165, 1.54) is 83.4 Å². The van der Waals surface area contributed by atoms with Crippen LogP contribution in [0.15, 0.2) is 30.3 Å². The number of likely N-dealkylation sites (tertiary alicyclic amines) is 2. The largest absolute Gasteiger partial charge is 0.303 e. The zero-order chi connectivity index (χ0) is 14.3. The van der Waals surface area contributed by atoms with E-state index in [2.05, 4.69) is 40.1 Å². The second-order valence-electron chi connectivity index (χ2n) is 6.91. The predicted octanol–water partition coefficient (Wildman–Crippen LogP) is 3.43. The lowest BCUT2D eigenvalue weighted by Gasteiger charge is -2.34. The van der Waals surface area contributed by atoms with Gasteiger partial charge in [-0.15, -0.1) is 0 Å². The van der Waals surface area contributed by atoms with Gasteiger partial charge in [-0.05, 0) is 76.2 Å². The molecule has 3 rings (SSSR count). The maximum atomic E-state index is 2.72. The molecular weight excluding hydrogens is 256 g/mol. The molecule has 0 aliphatic carbocycles. The molecule has 1 aromatic carbocycles. The van der Waals surface area contributed by atoms with Crippen LogP contribution in [0.1, 0.15) is 37.7 Å². The first-order valence-corrected chi connectivity index (χ1v) is 8.89. The molecule has 0 spiro atoms. The second-order valence-corrected chi connectivity index (χ2v) is 6.91. The molecule has 0 saturated carbocycles. The summed E-state index contributed by atoms with van der Waals surface area (Å²) < 4.78 is 0. The molecule has 2 aliphatic rings. The third-order valence-electron chi connectivity index (χ3n) is 5.10. The van der Waals surface area contributed by atoms with Gasteiger partial charge in [-0.2, -0.15) is 0 Å². The van der Waals surface area contributed by atoms with Gasteiger partial charge in [-0.25, -0.2) is 0 Å². The quantitative estimate of drug-likeness (QED) is 0.790. The van der Waals surface area contributed by atoms with Crippen molar-refractivity contribution in [3.05, 3.63) is 35.9 Å². The number of piperidine rings is 1. The minimum atomic E-state index is 0.925. The van der Waals surface area contributed by atoms with Crippen molar-refractivity contribution in [3.8, 4) is 0 Å². The molecule has 2 saturated heterocycles. The van der Waals surface area contributed by atoms with Crippen molar-refractivity contribution in [2.75, 3.05) is 39.3 Å². The Morgan fingerprint density at radius 3 is 2.48 bits per heavy atom. The molecule has 21 heavy (non-hydrogen) atoms. The van der Waals surface area contributed by atoms with Crippen molar-refractivity contribution in [1.82, 2.24) is 9.80 Å². The highest BCUT2D eigenvalue weighted by Gasteiger charge is 2.23. The number of hydrogen-bond donors (Lipinski definition) is 0.